The summed E-state index contributed by atoms with van der Waals surface area (Å²) in [4.78, 5) is 13.3. The number of nitrogens with zero attached hydrogens (tertiary/aromatic N) is 1. The molecule has 8 heteroatoms. The molecule has 0 radical (unpaired) electrons. The van der Waals surface area contributed by atoms with Crippen LogP contribution in [-0.2, 0) is 10.0 Å². The monoisotopic (exact) mass is 370 g/mol. The molecule has 0 saturated heterocycles. The Bertz CT molecular complexity index is 898. The number of carbonyl (C=O) groups is 1. The lowest BCUT2D eigenvalue weighted by Gasteiger charge is -2.14. The molecule has 0 fully saturated rings. The van der Waals surface area contributed by atoms with Crippen LogP contribution >= 0.6 is 11.6 Å². The lowest BCUT2D eigenvalue weighted by molar-refractivity contribution is 0.0828. The van der Waals surface area contributed by atoms with Gasteiger partial charge in [-0.05, 0) is 48.9 Å². The van der Waals surface area contributed by atoms with E-state index in [4.69, 9.17) is 11.6 Å². The summed E-state index contributed by atoms with van der Waals surface area (Å²) in [6.45, 7) is 1.50. The van der Waals surface area contributed by atoms with E-state index in [1.54, 1.807) is 14.1 Å². The molecular weight excluding hydrogens is 355 g/mol. The molecule has 0 aliphatic rings. The first-order chi connectivity index (χ1) is 11.1. The summed E-state index contributed by atoms with van der Waals surface area (Å²) in [5, 5.41) is 0.129. The number of amides is 1. The van der Waals surface area contributed by atoms with Crippen molar-refractivity contribution < 1.29 is 17.6 Å². The van der Waals surface area contributed by atoms with Crippen molar-refractivity contribution in [3.8, 4) is 0 Å². The molecule has 0 bridgehead atoms. The Morgan fingerprint density at radius 2 is 1.83 bits per heavy atom. The van der Waals surface area contributed by atoms with Crippen LogP contribution in [0.15, 0.2) is 41.3 Å². The van der Waals surface area contributed by atoms with E-state index in [1.165, 1.54) is 36.1 Å². The van der Waals surface area contributed by atoms with E-state index in [1.807, 2.05) is 0 Å². The number of anilines is 1. The molecule has 0 heterocycles. The zero-order valence-corrected chi connectivity index (χ0v) is 14.9. The number of aryl methyl sites for hydroxylation is 1. The summed E-state index contributed by atoms with van der Waals surface area (Å²) < 4.78 is 40.3. The minimum absolute atomic E-state index is 0.0338. The first-order valence-electron chi connectivity index (χ1n) is 6.92. The van der Waals surface area contributed by atoms with Gasteiger partial charge in [-0.1, -0.05) is 11.6 Å². The van der Waals surface area contributed by atoms with Crippen molar-refractivity contribution in [1.29, 1.82) is 0 Å². The smallest absolute Gasteiger partial charge is 0.262 e. The molecule has 2 aromatic carbocycles. The van der Waals surface area contributed by atoms with Crippen LogP contribution in [0, 0.1) is 12.7 Å². The maximum atomic E-state index is 13.1. The van der Waals surface area contributed by atoms with Gasteiger partial charge in [-0.2, -0.15) is 0 Å². The molecule has 2 rings (SSSR count). The van der Waals surface area contributed by atoms with Crippen LogP contribution < -0.4 is 4.72 Å². The Morgan fingerprint density at radius 3 is 2.38 bits per heavy atom. The molecule has 0 aromatic heterocycles. The Balaban J connectivity index is 2.34. The van der Waals surface area contributed by atoms with Crippen LogP contribution in [0.2, 0.25) is 5.02 Å². The first kappa shape index (κ1) is 18.2. The Labute approximate surface area is 145 Å². The molecule has 1 amide bonds. The van der Waals surface area contributed by atoms with Crippen LogP contribution in [0.5, 0.6) is 0 Å². The zero-order valence-electron chi connectivity index (χ0n) is 13.3. The van der Waals surface area contributed by atoms with Gasteiger partial charge in [-0.25, -0.2) is 12.8 Å². The highest BCUT2D eigenvalue weighted by atomic mass is 35.5. The summed E-state index contributed by atoms with van der Waals surface area (Å²) in [7, 11) is -0.718. The van der Waals surface area contributed by atoms with Gasteiger partial charge in [0.1, 0.15) is 5.82 Å². The van der Waals surface area contributed by atoms with Gasteiger partial charge in [0, 0.05) is 14.1 Å². The summed E-state index contributed by atoms with van der Waals surface area (Å²) >= 11 is 6.06. The van der Waals surface area contributed by atoms with Gasteiger partial charge in [0.15, 0.2) is 0 Å². The van der Waals surface area contributed by atoms with E-state index in [0.29, 0.717) is 0 Å². The van der Waals surface area contributed by atoms with Crippen molar-refractivity contribution in [3.05, 3.63) is 58.4 Å². The van der Waals surface area contributed by atoms with Crippen LogP contribution in [0.4, 0.5) is 10.1 Å². The number of hydrogen-bond acceptors (Lipinski definition) is 3. The van der Waals surface area contributed by atoms with Crippen molar-refractivity contribution in [1.82, 2.24) is 4.90 Å². The van der Waals surface area contributed by atoms with Crippen molar-refractivity contribution in [2.24, 2.45) is 0 Å². The highest BCUT2D eigenvalue weighted by molar-refractivity contribution is 7.92. The minimum atomic E-state index is -3.90. The molecule has 2 aromatic rings. The number of halogens is 2. The lowest BCUT2D eigenvalue weighted by Crippen LogP contribution is -2.22. The topological polar surface area (TPSA) is 66.5 Å². The van der Waals surface area contributed by atoms with Gasteiger partial charge in [0.2, 0.25) is 0 Å². The zero-order chi connectivity index (χ0) is 18.1. The summed E-state index contributed by atoms with van der Waals surface area (Å²) in [5.74, 6) is -0.801. The van der Waals surface area contributed by atoms with Crippen LogP contribution in [0.1, 0.15) is 15.9 Å². The van der Waals surface area contributed by atoms with Gasteiger partial charge in [0.05, 0.1) is 21.2 Å². The fraction of sp³-hybridized carbons (Fsp3) is 0.188. The molecule has 0 aliphatic carbocycles. The van der Waals surface area contributed by atoms with Crippen LogP contribution in [-0.4, -0.2) is 33.3 Å². The predicted octanol–water partition coefficient (Wildman–Crippen LogP) is 3.29. The number of carbonyl (C=O) groups excluding carboxylic acids is 1. The van der Waals surface area contributed by atoms with Gasteiger partial charge >= 0.3 is 0 Å². The van der Waals surface area contributed by atoms with Gasteiger partial charge in [0.25, 0.3) is 15.9 Å². The van der Waals surface area contributed by atoms with Crippen LogP contribution in [0.25, 0.3) is 0 Å². The molecule has 1 N–H and O–H groups in total. The molecular formula is C16H16ClFN2O3S. The number of nitrogens with one attached hydrogen (secondary N) is 1. The number of benzene rings is 2. The van der Waals surface area contributed by atoms with E-state index in [-0.39, 0.29) is 32.6 Å². The first-order valence-corrected chi connectivity index (χ1v) is 8.78. The van der Waals surface area contributed by atoms with Crippen molar-refractivity contribution in [3.63, 3.8) is 0 Å². The van der Waals surface area contributed by atoms with Crippen molar-refractivity contribution in [2.75, 3.05) is 18.8 Å². The SMILES string of the molecule is Cc1cc(F)ccc1S(=O)(=O)Nc1ccc(C(=O)N(C)C)c(Cl)c1. The molecule has 0 saturated carbocycles. The van der Waals surface area contributed by atoms with Crippen LogP contribution in [0.3, 0.4) is 0 Å². The molecule has 0 aliphatic heterocycles. The van der Waals surface area contributed by atoms with Crippen molar-refractivity contribution in [2.45, 2.75) is 11.8 Å². The quantitative estimate of drug-likeness (QED) is 0.898. The van der Waals surface area contributed by atoms with E-state index >= 15 is 0 Å². The molecule has 0 atom stereocenters. The molecule has 0 spiro atoms. The average Bonchev–Trinajstić information content (AvgIpc) is 2.45. The number of hydrogen-bond donors (Lipinski definition) is 1. The Kier molecular flexibility index (Phi) is 5.15. The molecule has 128 valence electrons. The fourth-order valence-electron chi connectivity index (χ4n) is 2.12. The maximum Gasteiger partial charge on any atom is 0.262 e. The number of rotatable bonds is 4. The molecule has 5 nitrogen and oxygen atoms in total. The van der Waals surface area contributed by atoms with Crippen molar-refractivity contribution >= 4 is 33.2 Å². The van der Waals surface area contributed by atoms with E-state index in [2.05, 4.69) is 4.72 Å². The third-order valence-corrected chi connectivity index (χ3v) is 5.14. The Hall–Kier alpha value is -2.12. The number of sulfonamides is 1. The third kappa shape index (κ3) is 3.85. The van der Waals surface area contributed by atoms with Gasteiger partial charge in [-0.3, -0.25) is 9.52 Å². The van der Waals surface area contributed by atoms with E-state index in [9.17, 15) is 17.6 Å². The normalized spacial score (nSPS) is 11.2. The second kappa shape index (κ2) is 6.78. The van der Waals surface area contributed by atoms with E-state index in [0.717, 1.165) is 12.1 Å². The summed E-state index contributed by atoms with van der Waals surface area (Å²) in [5.41, 5.74) is 0.759. The summed E-state index contributed by atoms with van der Waals surface area (Å²) in [6, 6.07) is 7.65. The molecule has 24 heavy (non-hydrogen) atoms. The minimum Gasteiger partial charge on any atom is -0.345 e. The van der Waals surface area contributed by atoms with Gasteiger partial charge < -0.3 is 4.90 Å². The lowest BCUT2D eigenvalue weighted by atomic mass is 10.2. The van der Waals surface area contributed by atoms with E-state index < -0.39 is 15.8 Å². The highest BCUT2D eigenvalue weighted by Crippen LogP contribution is 2.25. The highest BCUT2D eigenvalue weighted by Gasteiger charge is 2.19. The standard InChI is InChI=1S/C16H16ClFN2O3S/c1-10-8-11(18)4-7-15(10)24(22,23)19-12-5-6-13(14(17)9-12)16(21)20(2)3/h4-9,19H,1-3H3. The maximum absolute atomic E-state index is 13.1. The third-order valence-electron chi connectivity index (χ3n) is 3.28. The largest absolute Gasteiger partial charge is 0.345 e. The average molecular weight is 371 g/mol. The molecule has 0 unspecified atom stereocenters. The Morgan fingerprint density at radius 1 is 1.17 bits per heavy atom. The summed E-state index contributed by atoms with van der Waals surface area (Å²) in [6.07, 6.45) is 0. The second-order valence-electron chi connectivity index (χ2n) is 5.41. The van der Waals surface area contributed by atoms with Gasteiger partial charge in [-0.15, -0.1) is 0 Å². The second-order valence-corrected chi connectivity index (χ2v) is 7.47. The fourth-order valence-corrected chi connectivity index (χ4v) is 3.66. The predicted molar refractivity (Wildman–Crippen MR) is 91.4 cm³/mol.